The molecule has 8 nitrogen and oxygen atoms in total. The second-order valence-electron chi connectivity index (χ2n) is 12.1. The minimum absolute atomic E-state index is 0.0434. The molecule has 4 rings (SSSR count). The van der Waals surface area contributed by atoms with Crippen molar-refractivity contribution in [3.63, 3.8) is 0 Å². The Labute approximate surface area is 218 Å². The molecule has 0 radical (unpaired) electrons. The first-order valence-electron chi connectivity index (χ1n) is 14.5. The van der Waals surface area contributed by atoms with Crippen LogP contribution < -0.4 is 10.7 Å². The van der Waals surface area contributed by atoms with Crippen LogP contribution in [-0.4, -0.2) is 73.0 Å². The van der Waals surface area contributed by atoms with Crippen LogP contribution in [0.15, 0.2) is 0 Å². The fourth-order valence-electron chi connectivity index (χ4n) is 6.66. The van der Waals surface area contributed by atoms with E-state index >= 15 is 0 Å². The lowest BCUT2D eigenvalue weighted by atomic mass is 9.84. The van der Waals surface area contributed by atoms with Gasteiger partial charge in [-0.15, -0.1) is 0 Å². The highest BCUT2D eigenvalue weighted by molar-refractivity contribution is 7.92. The van der Waals surface area contributed by atoms with Crippen molar-refractivity contribution in [3.8, 4) is 0 Å². The summed E-state index contributed by atoms with van der Waals surface area (Å²) in [6.07, 6.45) is 11.1. The summed E-state index contributed by atoms with van der Waals surface area (Å²) < 4.78 is 25.1. The van der Waals surface area contributed by atoms with Gasteiger partial charge in [-0.05, 0) is 95.8 Å². The molecule has 1 heterocycles. The summed E-state index contributed by atoms with van der Waals surface area (Å²) in [5.41, 5.74) is 3.41. The fourth-order valence-corrected chi connectivity index (χ4v) is 8.91. The zero-order chi connectivity index (χ0) is 25.9. The fraction of sp³-hybridized carbons (Fsp3) is 0.926. The Hall–Kier alpha value is -1.19. The van der Waals surface area contributed by atoms with Crippen molar-refractivity contribution in [1.29, 1.82) is 0 Å². The van der Waals surface area contributed by atoms with Gasteiger partial charge in [-0.3, -0.25) is 15.0 Å². The summed E-state index contributed by atoms with van der Waals surface area (Å²) in [6, 6.07) is 0.521. The predicted octanol–water partition coefficient (Wildman–Crippen LogP) is 3.23. The standard InChI is InChI=1S/C27H48N4O4S/c1-4-15-31(26-16-19(2)29-30(26)3)27(33)22-9-11-23(12-10-22)28-25(32)17-20-7-13-24(14-8-20)36(34,35)18-21-5-6-21/h19-24,26,29H,4-18H2,1-3H3,(H,28,32). The van der Waals surface area contributed by atoms with E-state index in [1.807, 2.05) is 7.05 Å². The molecule has 4 fully saturated rings. The predicted molar refractivity (Wildman–Crippen MR) is 142 cm³/mol. The van der Waals surface area contributed by atoms with Gasteiger partial charge in [-0.1, -0.05) is 6.92 Å². The van der Waals surface area contributed by atoms with Gasteiger partial charge < -0.3 is 10.2 Å². The van der Waals surface area contributed by atoms with Gasteiger partial charge in [0.2, 0.25) is 11.8 Å². The summed E-state index contributed by atoms with van der Waals surface area (Å²) in [5.74, 6) is 1.47. The molecular formula is C27H48N4O4S. The van der Waals surface area contributed by atoms with Crippen molar-refractivity contribution in [2.24, 2.45) is 17.8 Å². The summed E-state index contributed by atoms with van der Waals surface area (Å²) in [7, 11) is -0.942. The molecule has 206 valence electrons. The van der Waals surface area contributed by atoms with Gasteiger partial charge in [-0.25, -0.2) is 13.4 Å². The SMILES string of the molecule is CCCN(C(=O)C1CCC(NC(=O)CC2CCC(S(=O)(=O)CC3CC3)CC2)CC1)C1CC(C)NN1C. The molecule has 4 aliphatic rings. The summed E-state index contributed by atoms with van der Waals surface area (Å²) in [6.45, 7) is 5.06. The van der Waals surface area contributed by atoms with Gasteiger partial charge in [0, 0.05) is 38.0 Å². The van der Waals surface area contributed by atoms with Crippen molar-refractivity contribution in [3.05, 3.63) is 0 Å². The number of amides is 2. The lowest BCUT2D eigenvalue weighted by Gasteiger charge is -2.37. The van der Waals surface area contributed by atoms with Crippen molar-refractivity contribution in [2.45, 2.75) is 121 Å². The Kier molecular flexibility index (Phi) is 9.37. The third-order valence-electron chi connectivity index (χ3n) is 8.93. The molecule has 2 amide bonds. The van der Waals surface area contributed by atoms with Crippen LogP contribution in [0, 0.1) is 17.8 Å². The number of nitrogens with one attached hydrogen (secondary N) is 2. The molecule has 3 saturated carbocycles. The number of carbonyl (C=O) groups excluding carboxylic acids is 2. The summed E-state index contributed by atoms with van der Waals surface area (Å²) >= 11 is 0. The number of hydrogen-bond donors (Lipinski definition) is 2. The number of carbonyl (C=O) groups is 2. The Bertz CT molecular complexity index is 861. The number of nitrogens with zero attached hydrogens (tertiary/aromatic N) is 2. The summed E-state index contributed by atoms with van der Waals surface area (Å²) in [4.78, 5) is 28.2. The lowest BCUT2D eigenvalue weighted by Crippen LogP contribution is -2.51. The molecule has 0 bridgehead atoms. The molecule has 1 aliphatic heterocycles. The van der Waals surface area contributed by atoms with E-state index in [9.17, 15) is 18.0 Å². The molecule has 2 N–H and O–H groups in total. The first-order chi connectivity index (χ1) is 17.2. The van der Waals surface area contributed by atoms with Gasteiger partial charge in [0.25, 0.3) is 0 Å². The van der Waals surface area contributed by atoms with Crippen LogP contribution in [0.1, 0.15) is 97.3 Å². The number of hydrazine groups is 1. The monoisotopic (exact) mass is 524 g/mol. The minimum atomic E-state index is -2.97. The Morgan fingerprint density at radius 2 is 1.61 bits per heavy atom. The van der Waals surface area contributed by atoms with Gasteiger partial charge in [0.05, 0.1) is 17.2 Å². The zero-order valence-electron chi connectivity index (χ0n) is 22.6. The normalized spacial score (nSPS) is 33.9. The van der Waals surface area contributed by atoms with Gasteiger partial charge >= 0.3 is 0 Å². The Morgan fingerprint density at radius 3 is 2.17 bits per heavy atom. The van der Waals surface area contributed by atoms with Crippen molar-refractivity contribution < 1.29 is 18.0 Å². The lowest BCUT2D eigenvalue weighted by molar-refractivity contribution is -0.142. The van der Waals surface area contributed by atoms with Crippen LogP contribution in [0.2, 0.25) is 0 Å². The maximum Gasteiger partial charge on any atom is 0.226 e. The smallest absolute Gasteiger partial charge is 0.226 e. The highest BCUT2D eigenvalue weighted by Crippen LogP contribution is 2.36. The Balaban J connectivity index is 1.18. The third-order valence-corrected chi connectivity index (χ3v) is 11.3. The Morgan fingerprint density at radius 1 is 0.972 bits per heavy atom. The molecule has 1 saturated heterocycles. The van der Waals surface area contributed by atoms with E-state index in [1.54, 1.807) is 0 Å². The van der Waals surface area contributed by atoms with Crippen molar-refractivity contribution >= 4 is 21.7 Å². The second kappa shape index (κ2) is 12.1. The van der Waals surface area contributed by atoms with Crippen LogP contribution in [0.4, 0.5) is 0 Å². The largest absolute Gasteiger partial charge is 0.353 e. The van der Waals surface area contributed by atoms with Gasteiger partial charge in [0.1, 0.15) is 0 Å². The topological polar surface area (TPSA) is 98.8 Å². The van der Waals surface area contributed by atoms with E-state index in [0.717, 1.165) is 70.8 Å². The molecule has 0 aromatic carbocycles. The summed E-state index contributed by atoms with van der Waals surface area (Å²) in [5, 5.41) is 5.11. The van der Waals surface area contributed by atoms with E-state index in [4.69, 9.17) is 0 Å². The van der Waals surface area contributed by atoms with Crippen LogP contribution in [0.3, 0.4) is 0 Å². The highest BCUT2D eigenvalue weighted by Gasteiger charge is 2.38. The maximum absolute atomic E-state index is 13.4. The molecule has 0 spiro atoms. The maximum atomic E-state index is 13.4. The van der Waals surface area contributed by atoms with Gasteiger partial charge in [0.15, 0.2) is 9.84 Å². The first kappa shape index (κ1) is 27.8. The zero-order valence-corrected chi connectivity index (χ0v) is 23.4. The van der Waals surface area contributed by atoms with E-state index in [-0.39, 0.29) is 41.1 Å². The minimum Gasteiger partial charge on any atom is -0.353 e. The van der Waals surface area contributed by atoms with Crippen LogP contribution in [-0.2, 0) is 19.4 Å². The van der Waals surface area contributed by atoms with E-state index in [0.29, 0.717) is 37.0 Å². The number of hydrogen-bond acceptors (Lipinski definition) is 6. The average Bonchev–Trinajstić information content (AvgIpc) is 3.58. The molecular weight excluding hydrogens is 476 g/mol. The van der Waals surface area contributed by atoms with Crippen molar-refractivity contribution in [1.82, 2.24) is 20.7 Å². The van der Waals surface area contributed by atoms with Crippen LogP contribution >= 0.6 is 0 Å². The van der Waals surface area contributed by atoms with Crippen LogP contribution in [0.5, 0.6) is 0 Å². The van der Waals surface area contributed by atoms with Crippen molar-refractivity contribution in [2.75, 3.05) is 19.3 Å². The highest BCUT2D eigenvalue weighted by atomic mass is 32.2. The second-order valence-corrected chi connectivity index (χ2v) is 14.5. The third kappa shape index (κ3) is 7.22. The number of rotatable bonds is 10. The van der Waals surface area contributed by atoms with E-state index < -0.39 is 9.84 Å². The first-order valence-corrected chi connectivity index (χ1v) is 16.2. The molecule has 0 aromatic heterocycles. The molecule has 2 unspecified atom stereocenters. The molecule has 0 aromatic rings. The van der Waals surface area contributed by atoms with Gasteiger partial charge in [-0.2, -0.15) is 0 Å². The average molecular weight is 525 g/mol. The molecule has 2 atom stereocenters. The molecule has 9 heteroatoms. The molecule has 36 heavy (non-hydrogen) atoms. The quantitative estimate of drug-likeness (QED) is 0.455. The van der Waals surface area contributed by atoms with Crippen LogP contribution in [0.25, 0.3) is 0 Å². The number of sulfone groups is 1. The molecule has 3 aliphatic carbocycles. The van der Waals surface area contributed by atoms with E-state index in [2.05, 4.69) is 34.5 Å². The van der Waals surface area contributed by atoms with E-state index in [1.165, 1.54) is 0 Å².